The molecule has 0 aliphatic heterocycles. The van der Waals surface area contributed by atoms with E-state index in [0.29, 0.717) is 24.9 Å². The first kappa shape index (κ1) is 19.2. The van der Waals surface area contributed by atoms with Crippen molar-refractivity contribution < 1.29 is 19.1 Å². The molecular weight excluding hydrogens is 354 g/mol. The first-order valence-electron chi connectivity index (χ1n) is 8.90. The lowest BCUT2D eigenvalue weighted by molar-refractivity contribution is -0.131. The van der Waals surface area contributed by atoms with Crippen molar-refractivity contribution in [2.24, 2.45) is 5.16 Å². The summed E-state index contributed by atoms with van der Waals surface area (Å²) in [6.45, 7) is 2.06. The smallest absolute Gasteiger partial charge is 0.308 e. The van der Waals surface area contributed by atoms with Crippen molar-refractivity contribution in [3.05, 3.63) is 102 Å². The summed E-state index contributed by atoms with van der Waals surface area (Å²) in [5.74, 6) is 0.450. The van der Waals surface area contributed by atoms with Crippen LogP contribution in [0.3, 0.4) is 0 Å². The maximum atomic E-state index is 11.1. The molecule has 3 rings (SSSR count). The van der Waals surface area contributed by atoms with Gasteiger partial charge in [0, 0.05) is 12.5 Å². The molecular formula is C23H21NO4. The fourth-order valence-corrected chi connectivity index (χ4v) is 2.46. The Morgan fingerprint density at radius 3 is 1.93 bits per heavy atom. The number of benzene rings is 3. The number of oxime groups is 1. The monoisotopic (exact) mass is 375 g/mol. The Kier molecular flexibility index (Phi) is 6.79. The van der Waals surface area contributed by atoms with E-state index in [1.165, 1.54) is 6.92 Å². The molecule has 0 saturated heterocycles. The largest absolute Gasteiger partial charge is 0.470 e. The van der Waals surface area contributed by atoms with Gasteiger partial charge in [-0.2, -0.15) is 0 Å². The lowest BCUT2D eigenvalue weighted by Gasteiger charge is -2.10. The van der Waals surface area contributed by atoms with E-state index in [9.17, 15) is 4.79 Å². The molecule has 3 aromatic rings. The van der Waals surface area contributed by atoms with Crippen LogP contribution in [0.1, 0.15) is 23.6 Å². The van der Waals surface area contributed by atoms with E-state index in [1.807, 2.05) is 60.7 Å². The molecule has 5 heteroatoms. The van der Waals surface area contributed by atoms with Crippen LogP contribution in [0, 0.1) is 0 Å². The van der Waals surface area contributed by atoms with Crippen molar-refractivity contribution in [3.63, 3.8) is 0 Å². The van der Waals surface area contributed by atoms with Crippen LogP contribution in [0.2, 0.25) is 0 Å². The minimum absolute atomic E-state index is 0.338. The fraction of sp³-hybridized carbons (Fsp3) is 0.130. The van der Waals surface area contributed by atoms with Crippen LogP contribution in [-0.4, -0.2) is 11.9 Å². The highest BCUT2D eigenvalue weighted by molar-refractivity contribution is 5.93. The number of esters is 1. The molecule has 0 aliphatic rings. The highest BCUT2D eigenvalue weighted by Gasteiger charge is 2.08. The molecule has 0 saturated carbocycles. The summed E-state index contributed by atoms with van der Waals surface area (Å²) in [7, 11) is 0. The summed E-state index contributed by atoms with van der Waals surface area (Å²) in [4.78, 5) is 16.6. The first-order valence-corrected chi connectivity index (χ1v) is 8.90. The predicted octanol–water partition coefficient (Wildman–Crippen LogP) is 4.71. The quantitative estimate of drug-likeness (QED) is 0.197. The molecule has 0 fully saturated rings. The highest BCUT2D eigenvalue weighted by atomic mass is 16.6. The number of nitrogens with zero attached hydrogens (tertiary/aromatic N) is 1. The maximum Gasteiger partial charge on any atom is 0.308 e. The number of carbonyl (C=O) groups excluding carboxylic acids is 1. The second-order valence-electron chi connectivity index (χ2n) is 6.05. The predicted molar refractivity (Wildman–Crippen MR) is 107 cm³/mol. The Labute approximate surface area is 164 Å². The molecule has 0 bridgehead atoms. The van der Waals surface area contributed by atoms with Crippen molar-refractivity contribution in [1.82, 2.24) is 0 Å². The minimum Gasteiger partial charge on any atom is -0.470 e. The van der Waals surface area contributed by atoms with E-state index in [4.69, 9.17) is 14.3 Å². The molecule has 0 unspecified atom stereocenters. The third kappa shape index (κ3) is 5.99. The number of hydrogen-bond acceptors (Lipinski definition) is 5. The zero-order valence-electron chi connectivity index (χ0n) is 15.6. The molecule has 28 heavy (non-hydrogen) atoms. The van der Waals surface area contributed by atoms with E-state index in [1.54, 1.807) is 24.3 Å². The lowest BCUT2D eigenvalue weighted by Crippen LogP contribution is -2.08. The third-order valence-electron chi connectivity index (χ3n) is 3.80. The molecule has 0 aromatic heterocycles. The van der Waals surface area contributed by atoms with Crippen LogP contribution >= 0.6 is 0 Å². The fourth-order valence-electron chi connectivity index (χ4n) is 2.46. The molecule has 0 atom stereocenters. The third-order valence-corrected chi connectivity index (χ3v) is 3.80. The summed E-state index contributed by atoms with van der Waals surface area (Å²) in [5, 5.41) is 4.18. The van der Waals surface area contributed by atoms with Gasteiger partial charge in [-0.25, -0.2) is 0 Å². The van der Waals surface area contributed by atoms with E-state index >= 15 is 0 Å². The molecule has 142 valence electrons. The normalized spacial score (nSPS) is 11.0. The molecule has 5 nitrogen and oxygen atoms in total. The second-order valence-corrected chi connectivity index (χ2v) is 6.05. The van der Waals surface area contributed by atoms with Gasteiger partial charge in [0.05, 0.1) is 0 Å². The lowest BCUT2D eigenvalue weighted by atomic mass is 10.2. The molecule has 0 N–H and O–H groups in total. The topological polar surface area (TPSA) is 57.1 Å². The van der Waals surface area contributed by atoms with Crippen molar-refractivity contribution in [1.29, 1.82) is 0 Å². The van der Waals surface area contributed by atoms with Crippen LogP contribution in [0.25, 0.3) is 0 Å². The van der Waals surface area contributed by atoms with Crippen molar-refractivity contribution in [2.45, 2.75) is 20.1 Å². The number of carbonyl (C=O) groups is 1. The van der Waals surface area contributed by atoms with E-state index < -0.39 is 0 Å². The first-order chi connectivity index (χ1) is 13.7. The van der Waals surface area contributed by atoms with E-state index in [2.05, 4.69) is 5.16 Å². The Bertz CT molecular complexity index is 906. The number of ether oxygens (including phenoxy) is 2. The van der Waals surface area contributed by atoms with Gasteiger partial charge in [-0.3, -0.25) is 4.79 Å². The van der Waals surface area contributed by atoms with Crippen molar-refractivity contribution in [3.8, 4) is 5.75 Å². The average molecular weight is 375 g/mol. The zero-order valence-corrected chi connectivity index (χ0v) is 15.6. The highest BCUT2D eigenvalue weighted by Crippen LogP contribution is 2.15. The molecule has 0 aliphatic carbocycles. The van der Waals surface area contributed by atoms with Gasteiger partial charge >= 0.3 is 5.97 Å². The number of rotatable bonds is 7. The Morgan fingerprint density at radius 1 is 0.786 bits per heavy atom. The molecule has 0 heterocycles. The van der Waals surface area contributed by atoms with Crippen LogP contribution in [0.15, 0.2) is 90.1 Å². The summed E-state index contributed by atoms with van der Waals surface area (Å²) in [6.07, 6.45) is 0. The molecule has 0 amide bonds. The average Bonchev–Trinajstić information content (AvgIpc) is 2.72. The SMILES string of the molecule is CC(=O)Oc1ccc(/C(=N/OCc2ccccc2)OCc2ccccc2)cc1. The van der Waals surface area contributed by atoms with Crippen LogP contribution in [0.4, 0.5) is 0 Å². The van der Waals surface area contributed by atoms with Gasteiger partial charge in [0.25, 0.3) is 5.90 Å². The van der Waals surface area contributed by atoms with Crippen LogP contribution in [-0.2, 0) is 27.6 Å². The van der Waals surface area contributed by atoms with E-state index in [-0.39, 0.29) is 5.97 Å². The minimum atomic E-state index is -0.367. The van der Waals surface area contributed by atoms with Gasteiger partial charge < -0.3 is 14.3 Å². The van der Waals surface area contributed by atoms with Gasteiger partial charge in [0.2, 0.25) is 0 Å². The standard InChI is InChI=1S/C23H21NO4/c1-18(25)28-22-14-12-21(13-15-22)23(26-16-19-8-4-2-5-9-19)24-27-17-20-10-6-3-7-11-20/h2-15H,16-17H2,1H3/b24-23-. The Balaban J connectivity index is 1.72. The molecule has 0 spiro atoms. The van der Waals surface area contributed by atoms with Gasteiger partial charge in [-0.1, -0.05) is 60.7 Å². The van der Waals surface area contributed by atoms with Gasteiger partial charge in [0.15, 0.2) is 0 Å². The summed E-state index contributed by atoms with van der Waals surface area (Å²) < 4.78 is 11.0. The summed E-state index contributed by atoms with van der Waals surface area (Å²) in [6, 6.07) is 26.5. The van der Waals surface area contributed by atoms with E-state index in [0.717, 1.165) is 16.7 Å². The summed E-state index contributed by atoms with van der Waals surface area (Å²) >= 11 is 0. The summed E-state index contributed by atoms with van der Waals surface area (Å²) in [5.41, 5.74) is 2.76. The Morgan fingerprint density at radius 2 is 1.36 bits per heavy atom. The number of hydrogen-bond donors (Lipinski definition) is 0. The van der Waals surface area contributed by atoms with Crippen molar-refractivity contribution >= 4 is 11.9 Å². The Hall–Kier alpha value is -3.60. The van der Waals surface area contributed by atoms with Gasteiger partial charge in [-0.15, -0.1) is 0 Å². The second kappa shape index (κ2) is 9.92. The zero-order chi connectivity index (χ0) is 19.6. The van der Waals surface area contributed by atoms with Crippen LogP contribution in [0.5, 0.6) is 5.75 Å². The van der Waals surface area contributed by atoms with Crippen LogP contribution < -0.4 is 4.74 Å². The molecule has 3 aromatic carbocycles. The van der Waals surface area contributed by atoms with Gasteiger partial charge in [-0.05, 0) is 40.5 Å². The molecule has 0 radical (unpaired) electrons. The maximum absolute atomic E-state index is 11.1. The van der Waals surface area contributed by atoms with Gasteiger partial charge in [0.1, 0.15) is 19.0 Å². The van der Waals surface area contributed by atoms with Crippen molar-refractivity contribution in [2.75, 3.05) is 0 Å².